The van der Waals surface area contributed by atoms with Crippen molar-refractivity contribution in [3.8, 4) is 0 Å². The van der Waals surface area contributed by atoms with Crippen molar-refractivity contribution in [2.75, 3.05) is 6.61 Å². The van der Waals surface area contributed by atoms with Crippen LogP contribution >= 0.6 is 0 Å². The Bertz CT molecular complexity index is 900. The lowest BCUT2D eigenvalue weighted by atomic mass is 9.45. The minimum atomic E-state index is -0.853. The molecule has 0 bridgehead atoms. The van der Waals surface area contributed by atoms with Crippen LogP contribution in [0.5, 0.6) is 0 Å². The first-order valence-corrected chi connectivity index (χ1v) is 10.2. The quantitative estimate of drug-likeness (QED) is 0.556. The summed E-state index contributed by atoms with van der Waals surface area (Å²) in [6.45, 7) is 3.56. The molecule has 2 aliphatic heterocycles. The summed E-state index contributed by atoms with van der Waals surface area (Å²) in [6, 6.07) is 1.80. The van der Waals surface area contributed by atoms with Crippen molar-refractivity contribution < 1.29 is 33.0 Å². The van der Waals surface area contributed by atoms with Crippen LogP contribution in [0.15, 0.2) is 34.7 Å². The van der Waals surface area contributed by atoms with Gasteiger partial charge in [0.15, 0.2) is 0 Å². The predicted molar refractivity (Wildman–Crippen MR) is 98.1 cm³/mol. The lowest BCUT2D eigenvalue weighted by Gasteiger charge is -2.56. The van der Waals surface area contributed by atoms with Crippen LogP contribution in [-0.4, -0.2) is 30.6 Å². The molecule has 2 saturated heterocycles. The van der Waals surface area contributed by atoms with Crippen molar-refractivity contribution >= 4 is 17.9 Å². The molecule has 2 aliphatic carbocycles. The smallest absolute Gasteiger partial charge is 0.334 e. The lowest BCUT2D eigenvalue weighted by molar-refractivity contribution is -0.184. The maximum atomic E-state index is 13.5. The van der Waals surface area contributed by atoms with E-state index >= 15 is 0 Å². The zero-order valence-electron chi connectivity index (χ0n) is 16.5. The molecule has 154 valence electrons. The van der Waals surface area contributed by atoms with Crippen LogP contribution in [0.4, 0.5) is 0 Å². The standard InChI is InChI=1S/C22H24O7/c1-12-16(28-13(2)23)8-21-11-27-19(24)15(21)4-3-5-18(21)22(12)9-17(29-20(22)25)14-6-7-26-10-14/h4,6-7,10,12,16-18H,3,5,8-9,11H2,1-2H3. The fourth-order valence-electron chi connectivity index (χ4n) is 6.37. The van der Waals surface area contributed by atoms with Gasteiger partial charge in [-0.25, -0.2) is 4.79 Å². The third-order valence-corrected chi connectivity index (χ3v) is 7.63. The first-order chi connectivity index (χ1) is 13.9. The van der Waals surface area contributed by atoms with Crippen LogP contribution in [0, 0.1) is 22.7 Å². The number of cyclic esters (lactones) is 2. The maximum absolute atomic E-state index is 13.5. The van der Waals surface area contributed by atoms with E-state index in [-0.39, 0.29) is 30.4 Å². The average Bonchev–Trinajstić information content (AvgIpc) is 3.39. The molecule has 6 atom stereocenters. The maximum Gasteiger partial charge on any atom is 0.334 e. The Labute approximate surface area is 168 Å². The molecule has 0 amide bonds. The highest BCUT2D eigenvalue weighted by atomic mass is 16.6. The van der Waals surface area contributed by atoms with Gasteiger partial charge in [-0.3, -0.25) is 9.59 Å². The molecule has 4 aliphatic rings. The molecule has 7 heteroatoms. The summed E-state index contributed by atoms with van der Waals surface area (Å²) >= 11 is 0. The Morgan fingerprint density at radius 3 is 2.83 bits per heavy atom. The lowest BCUT2D eigenvalue weighted by Crippen LogP contribution is -2.60. The summed E-state index contributed by atoms with van der Waals surface area (Å²) in [6.07, 6.45) is 6.63. The highest BCUT2D eigenvalue weighted by molar-refractivity contribution is 5.93. The van der Waals surface area contributed by atoms with Crippen LogP contribution in [0.3, 0.4) is 0 Å². The molecule has 0 radical (unpaired) electrons. The molecule has 3 fully saturated rings. The van der Waals surface area contributed by atoms with Crippen LogP contribution in [0.25, 0.3) is 0 Å². The Kier molecular flexibility index (Phi) is 3.95. The van der Waals surface area contributed by atoms with Crippen molar-refractivity contribution in [2.24, 2.45) is 22.7 Å². The zero-order chi connectivity index (χ0) is 20.4. The van der Waals surface area contributed by atoms with E-state index in [1.807, 2.05) is 13.0 Å². The van der Waals surface area contributed by atoms with Gasteiger partial charge in [0.2, 0.25) is 0 Å². The van der Waals surface area contributed by atoms with E-state index in [9.17, 15) is 14.4 Å². The molecule has 7 nitrogen and oxygen atoms in total. The number of allylic oxidation sites excluding steroid dienone is 1. The number of carbonyl (C=O) groups is 3. The van der Waals surface area contributed by atoms with Crippen LogP contribution in [0.2, 0.25) is 0 Å². The third kappa shape index (κ3) is 2.39. The summed E-state index contributed by atoms with van der Waals surface area (Å²) in [5, 5.41) is 0. The molecule has 0 N–H and O–H groups in total. The van der Waals surface area contributed by atoms with Gasteiger partial charge in [0.25, 0.3) is 0 Å². The SMILES string of the molecule is CC(=O)OC1CC23COC(=O)C2=CCCC3C2(CC(c3ccoc3)OC2=O)C1C. The number of carbonyl (C=O) groups excluding carboxylic acids is 3. The molecule has 1 aromatic heterocycles. The van der Waals surface area contributed by atoms with Crippen LogP contribution in [0.1, 0.15) is 51.2 Å². The number of rotatable bonds is 2. The van der Waals surface area contributed by atoms with Crippen molar-refractivity contribution in [2.45, 2.75) is 51.7 Å². The molecule has 5 rings (SSSR count). The van der Waals surface area contributed by atoms with Gasteiger partial charge in [-0.15, -0.1) is 0 Å². The molecule has 2 spiro atoms. The Balaban J connectivity index is 1.63. The average molecular weight is 400 g/mol. The molecule has 29 heavy (non-hydrogen) atoms. The largest absolute Gasteiger partial charge is 0.472 e. The van der Waals surface area contributed by atoms with Gasteiger partial charge < -0.3 is 18.6 Å². The predicted octanol–water partition coefficient (Wildman–Crippen LogP) is 3.11. The number of ether oxygens (including phenoxy) is 3. The second-order valence-corrected chi connectivity index (χ2v) is 8.82. The van der Waals surface area contributed by atoms with Crippen molar-refractivity contribution in [1.29, 1.82) is 0 Å². The molecule has 1 saturated carbocycles. The molecular weight excluding hydrogens is 376 g/mol. The first-order valence-electron chi connectivity index (χ1n) is 10.2. The normalized spacial score (nSPS) is 40.7. The van der Waals surface area contributed by atoms with Gasteiger partial charge in [0.1, 0.15) is 18.8 Å². The summed E-state index contributed by atoms with van der Waals surface area (Å²) in [7, 11) is 0. The monoisotopic (exact) mass is 400 g/mol. The van der Waals surface area contributed by atoms with E-state index in [2.05, 4.69) is 0 Å². The van der Waals surface area contributed by atoms with E-state index in [1.165, 1.54) is 6.92 Å². The molecule has 1 aromatic rings. The van der Waals surface area contributed by atoms with E-state index in [0.29, 0.717) is 24.8 Å². The third-order valence-electron chi connectivity index (χ3n) is 7.63. The Morgan fingerprint density at radius 1 is 1.28 bits per heavy atom. The van der Waals surface area contributed by atoms with Gasteiger partial charge in [0, 0.05) is 35.8 Å². The highest BCUT2D eigenvalue weighted by Crippen LogP contribution is 2.67. The zero-order valence-corrected chi connectivity index (χ0v) is 16.5. The molecule has 6 unspecified atom stereocenters. The Hall–Kier alpha value is -2.57. The van der Waals surface area contributed by atoms with Gasteiger partial charge in [-0.05, 0) is 31.2 Å². The van der Waals surface area contributed by atoms with Crippen molar-refractivity contribution in [1.82, 2.24) is 0 Å². The van der Waals surface area contributed by atoms with E-state index in [4.69, 9.17) is 18.6 Å². The number of hydrogen-bond acceptors (Lipinski definition) is 7. The van der Waals surface area contributed by atoms with Crippen molar-refractivity contribution in [3.05, 3.63) is 35.8 Å². The van der Waals surface area contributed by atoms with E-state index in [1.54, 1.807) is 18.6 Å². The number of hydrogen-bond donors (Lipinski definition) is 0. The van der Waals surface area contributed by atoms with Crippen molar-refractivity contribution in [3.63, 3.8) is 0 Å². The topological polar surface area (TPSA) is 92.0 Å². The van der Waals surface area contributed by atoms with Crippen LogP contribution < -0.4 is 0 Å². The minimum absolute atomic E-state index is 0.104. The van der Waals surface area contributed by atoms with E-state index in [0.717, 1.165) is 12.0 Å². The van der Waals surface area contributed by atoms with Gasteiger partial charge in [-0.2, -0.15) is 0 Å². The van der Waals surface area contributed by atoms with Gasteiger partial charge in [-0.1, -0.05) is 13.0 Å². The number of esters is 3. The fraction of sp³-hybridized carbons (Fsp3) is 0.591. The second-order valence-electron chi connectivity index (χ2n) is 8.82. The summed E-state index contributed by atoms with van der Waals surface area (Å²) in [4.78, 5) is 37.8. The first kappa shape index (κ1) is 18.5. The molecular formula is C22H24O7. The number of fused-ring (bicyclic) bond motifs is 1. The fourth-order valence-corrected chi connectivity index (χ4v) is 6.37. The molecule has 3 heterocycles. The Morgan fingerprint density at radius 2 is 2.10 bits per heavy atom. The summed E-state index contributed by atoms with van der Waals surface area (Å²) in [5.74, 6) is -1.33. The second kappa shape index (κ2) is 6.21. The molecule has 0 aromatic carbocycles. The summed E-state index contributed by atoms with van der Waals surface area (Å²) in [5.41, 5.74) is -0.0202. The minimum Gasteiger partial charge on any atom is -0.472 e. The highest BCUT2D eigenvalue weighted by Gasteiger charge is 2.71. The van der Waals surface area contributed by atoms with Gasteiger partial charge in [0.05, 0.1) is 17.9 Å². The van der Waals surface area contributed by atoms with Crippen LogP contribution in [-0.2, 0) is 28.6 Å². The van der Waals surface area contributed by atoms with E-state index < -0.39 is 29.0 Å². The van der Waals surface area contributed by atoms with Gasteiger partial charge >= 0.3 is 17.9 Å². The summed E-state index contributed by atoms with van der Waals surface area (Å²) < 4.78 is 22.2. The number of furan rings is 1.